The lowest BCUT2D eigenvalue weighted by Gasteiger charge is -2.15. The first kappa shape index (κ1) is 19.0. The molecule has 1 N–H and O–H groups in total. The molecule has 2 heterocycles. The summed E-state index contributed by atoms with van der Waals surface area (Å²) < 4.78 is 6.13. The van der Waals surface area contributed by atoms with Gasteiger partial charge in [-0.15, -0.1) is 0 Å². The standard InChI is InChI=1S/C20H21N3O3S/c1-3-4-13(2)14-5-7-16(8-6-14)22-20(25)23(27)19(24)17-11-15-9-10-21-12-18(15)26-17/h5-13,27H,3-4H2,1-2H3,(H,22,25). The van der Waals surface area contributed by atoms with Gasteiger partial charge in [0.2, 0.25) is 0 Å². The molecule has 0 radical (unpaired) electrons. The Balaban J connectivity index is 1.67. The highest BCUT2D eigenvalue weighted by atomic mass is 32.1. The smallest absolute Gasteiger partial charge is 0.339 e. The molecule has 3 amide bonds. The van der Waals surface area contributed by atoms with Crippen molar-refractivity contribution in [3.05, 3.63) is 60.1 Å². The van der Waals surface area contributed by atoms with E-state index in [-0.39, 0.29) is 5.76 Å². The van der Waals surface area contributed by atoms with Crippen molar-refractivity contribution < 1.29 is 14.0 Å². The first-order valence-electron chi connectivity index (χ1n) is 8.77. The van der Waals surface area contributed by atoms with E-state index in [1.807, 2.05) is 24.3 Å². The lowest BCUT2D eigenvalue weighted by atomic mass is 9.96. The van der Waals surface area contributed by atoms with E-state index in [4.69, 9.17) is 4.42 Å². The van der Waals surface area contributed by atoms with Crippen molar-refractivity contribution in [2.75, 3.05) is 5.32 Å². The summed E-state index contributed by atoms with van der Waals surface area (Å²) in [6.45, 7) is 4.33. The van der Waals surface area contributed by atoms with E-state index >= 15 is 0 Å². The third kappa shape index (κ3) is 4.31. The molecule has 0 aliphatic carbocycles. The summed E-state index contributed by atoms with van der Waals surface area (Å²) in [6.07, 6.45) is 5.34. The van der Waals surface area contributed by atoms with E-state index < -0.39 is 11.9 Å². The van der Waals surface area contributed by atoms with Crippen LogP contribution in [0.5, 0.6) is 0 Å². The summed E-state index contributed by atoms with van der Waals surface area (Å²) in [5.41, 5.74) is 2.28. The van der Waals surface area contributed by atoms with Crippen LogP contribution < -0.4 is 5.32 Å². The van der Waals surface area contributed by atoms with Gasteiger partial charge in [0.15, 0.2) is 11.3 Å². The van der Waals surface area contributed by atoms with Crippen molar-refractivity contribution in [2.45, 2.75) is 32.6 Å². The van der Waals surface area contributed by atoms with Crippen LogP contribution in [0.2, 0.25) is 0 Å². The van der Waals surface area contributed by atoms with E-state index in [0.717, 1.165) is 18.2 Å². The number of carbonyl (C=O) groups is 2. The average Bonchev–Trinajstić information content (AvgIpc) is 3.11. The van der Waals surface area contributed by atoms with Gasteiger partial charge >= 0.3 is 11.9 Å². The third-order valence-electron chi connectivity index (χ3n) is 4.37. The number of imide groups is 1. The first-order chi connectivity index (χ1) is 13.0. The Morgan fingerprint density at radius 3 is 2.67 bits per heavy atom. The molecule has 1 aromatic carbocycles. The van der Waals surface area contributed by atoms with Gasteiger partial charge in [0.1, 0.15) is 0 Å². The van der Waals surface area contributed by atoms with Gasteiger partial charge in [0.05, 0.1) is 6.20 Å². The molecule has 1 atom stereocenters. The molecule has 0 aliphatic rings. The summed E-state index contributed by atoms with van der Waals surface area (Å²) in [5.74, 6) is -0.169. The van der Waals surface area contributed by atoms with E-state index in [0.29, 0.717) is 21.5 Å². The Bertz CT molecular complexity index is 920. The fourth-order valence-electron chi connectivity index (χ4n) is 2.86. The molecular weight excluding hydrogens is 362 g/mol. The zero-order valence-corrected chi connectivity index (χ0v) is 16.1. The molecular formula is C20H21N3O3S. The molecule has 0 saturated carbocycles. The molecule has 140 valence electrons. The van der Waals surface area contributed by atoms with Crippen LogP contribution in [0.4, 0.5) is 10.5 Å². The quantitative estimate of drug-likeness (QED) is 0.590. The van der Waals surface area contributed by atoms with Crippen LogP contribution in [0, 0.1) is 0 Å². The second kappa shape index (κ2) is 8.26. The molecule has 7 heteroatoms. The zero-order chi connectivity index (χ0) is 19.4. The van der Waals surface area contributed by atoms with Crippen molar-refractivity contribution in [3.63, 3.8) is 0 Å². The van der Waals surface area contributed by atoms with Gasteiger partial charge in [-0.2, -0.15) is 0 Å². The number of carbonyl (C=O) groups excluding carboxylic acids is 2. The maximum Gasteiger partial charge on any atom is 0.339 e. The van der Waals surface area contributed by atoms with E-state index in [9.17, 15) is 9.59 Å². The zero-order valence-electron chi connectivity index (χ0n) is 15.2. The highest BCUT2D eigenvalue weighted by Gasteiger charge is 2.23. The van der Waals surface area contributed by atoms with Crippen LogP contribution in [-0.4, -0.2) is 21.2 Å². The fourth-order valence-corrected chi connectivity index (χ4v) is 3.01. The Morgan fingerprint density at radius 1 is 1.26 bits per heavy atom. The Hall–Kier alpha value is -2.80. The number of aromatic nitrogens is 1. The number of pyridine rings is 1. The number of nitrogens with one attached hydrogen (secondary N) is 1. The number of benzene rings is 1. The van der Waals surface area contributed by atoms with Crippen LogP contribution in [0.1, 0.15) is 48.7 Å². The van der Waals surface area contributed by atoms with Gasteiger partial charge in [-0.3, -0.25) is 9.78 Å². The van der Waals surface area contributed by atoms with Crippen LogP contribution in [-0.2, 0) is 0 Å². The summed E-state index contributed by atoms with van der Waals surface area (Å²) in [4.78, 5) is 28.7. The normalized spacial score (nSPS) is 12.0. The third-order valence-corrected chi connectivity index (χ3v) is 4.73. The van der Waals surface area contributed by atoms with Gasteiger partial charge in [-0.1, -0.05) is 45.2 Å². The van der Waals surface area contributed by atoms with Crippen molar-refractivity contribution in [1.82, 2.24) is 9.29 Å². The summed E-state index contributed by atoms with van der Waals surface area (Å²) in [6, 6.07) is 10.2. The SMILES string of the molecule is CCCC(C)c1ccc(NC(=O)N(S)C(=O)c2cc3ccncc3o2)cc1. The largest absolute Gasteiger partial charge is 0.449 e. The number of furan rings is 1. The van der Waals surface area contributed by atoms with Crippen LogP contribution in [0.25, 0.3) is 11.0 Å². The predicted molar refractivity (Wildman–Crippen MR) is 108 cm³/mol. The molecule has 27 heavy (non-hydrogen) atoms. The second-order valence-electron chi connectivity index (χ2n) is 6.38. The lowest BCUT2D eigenvalue weighted by Crippen LogP contribution is -2.32. The second-order valence-corrected chi connectivity index (χ2v) is 6.78. The van der Waals surface area contributed by atoms with Gasteiger partial charge in [0, 0.05) is 17.3 Å². The van der Waals surface area contributed by atoms with Gasteiger partial charge in [-0.05, 0) is 42.2 Å². The van der Waals surface area contributed by atoms with Crippen molar-refractivity contribution in [2.24, 2.45) is 0 Å². The topological polar surface area (TPSA) is 75.4 Å². The fraction of sp³-hybridized carbons (Fsp3) is 0.250. The van der Waals surface area contributed by atoms with Crippen LogP contribution >= 0.6 is 12.8 Å². The van der Waals surface area contributed by atoms with Crippen molar-refractivity contribution >= 4 is 41.4 Å². The molecule has 2 aromatic heterocycles. The number of nitrogens with zero attached hydrogens (tertiary/aromatic N) is 2. The molecule has 0 bridgehead atoms. The van der Waals surface area contributed by atoms with Gasteiger partial charge in [0.25, 0.3) is 0 Å². The molecule has 0 spiro atoms. The van der Waals surface area contributed by atoms with E-state index in [1.165, 1.54) is 11.8 Å². The number of thiol groups is 1. The van der Waals surface area contributed by atoms with Crippen LogP contribution in [0.3, 0.4) is 0 Å². The predicted octanol–water partition coefficient (Wildman–Crippen LogP) is 5.25. The van der Waals surface area contributed by atoms with Crippen LogP contribution in [0.15, 0.2) is 53.2 Å². The first-order valence-corrected chi connectivity index (χ1v) is 9.17. The molecule has 0 fully saturated rings. The van der Waals surface area contributed by atoms with E-state index in [1.54, 1.807) is 18.3 Å². The van der Waals surface area contributed by atoms with Gasteiger partial charge < -0.3 is 9.73 Å². The minimum atomic E-state index is -0.656. The highest BCUT2D eigenvalue weighted by molar-refractivity contribution is 7.79. The molecule has 0 saturated heterocycles. The molecule has 1 unspecified atom stereocenters. The number of anilines is 1. The molecule has 3 rings (SSSR count). The summed E-state index contributed by atoms with van der Waals surface area (Å²) in [5, 5.41) is 3.39. The van der Waals surface area contributed by atoms with Gasteiger partial charge in [-0.25, -0.2) is 9.10 Å². The summed E-state index contributed by atoms with van der Waals surface area (Å²) >= 11 is 4.02. The number of rotatable bonds is 5. The maximum absolute atomic E-state index is 12.4. The Morgan fingerprint density at radius 2 is 2.00 bits per heavy atom. The average molecular weight is 383 g/mol. The number of amides is 3. The summed E-state index contributed by atoms with van der Waals surface area (Å²) in [7, 11) is 0. The minimum Gasteiger partial charge on any atom is -0.449 e. The lowest BCUT2D eigenvalue weighted by molar-refractivity contribution is 0.0875. The minimum absolute atomic E-state index is 0.0203. The van der Waals surface area contributed by atoms with E-state index in [2.05, 4.69) is 37.0 Å². The van der Waals surface area contributed by atoms with Crippen molar-refractivity contribution in [3.8, 4) is 0 Å². The van der Waals surface area contributed by atoms with Crippen molar-refractivity contribution in [1.29, 1.82) is 0 Å². The number of urea groups is 1. The Labute approximate surface area is 163 Å². The monoisotopic (exact) mass is 383 g/mol. The molecule has 3 aromatic rings. The molecule has 0 aliphatic heterocycles. The number of hydrogen-bond donors (Lipinski definition) is 2. The maximum atomic E-state index is 12.4. The Kier molecular flexibility index (Phi) is 5.81. The number of hydrogen-bond acceptors (Lipinski definition) is 5. The number of fused-ring (bicyclic) bond motifs is 1. The molecule has 6 nitrogen and oxygen atoms in total. The highest BCUT2D eigenvalue weighted by Crippen LogP contribution is 2.23.